The second-order valence-electron chi connectivity index (χ2n) is 5.72. The smallest absolute Gasteiger partial charge is 0.227 e. The van der Waals surface area contributed by atoms with Gasteiger partial charge in [-0.25, -0.2) is 0 Å². The molecule has 2 aromatic carbocycles. The molecule has 0 saturated carbocycles. The fourth-order valence-corrected chi connectivity index (χ4v) is 2.71. The van der Waals surface area contributed by atoms with Crippen LogP contribution in [0.15, 0.2) is 51.5 Å². The van der Waals surface area contributed by atoms with Crippen molar-refractivity contribution >= 4 is 27.5 Å². The molecule has 3 aromatic rings. The second-order valence-corrected chi connectivity index (χ2v) is 6.58. The van der Waals surface area contributed by atoms with Crippen LogP contribution in [0.5, 0.6) is 5.75 Å². The molecule has 6 nitrogen and oxygen atoms in total. The molecule has 0 aliphatic rings. The van der Waals surface area contributed by atoms with Gasteiger partial charge in [0.1, 0.15) is 5.75 Å². The number of halogens is 1. The van der Waals surface area contributed by atoms with Crippen molar-refractivity contribution in [2.75, 3.05) is 12.4 Å². The van der Waals surface area contributed by atoms with Crippen LogP contribution in [0.1, 0.15) is 17.9 Å². The number of nitrogens with one attached hydrogen (secondary N) is 1. The molecule has 26 heavy (non-hydrogen) atoms. The van der Waals surface area contributed by atoms with Crippen molar-refractivity contribution in [2.24, 2.45) is 0 Å². The number of para-hydroxylation sites is 1. The molecule has 0 bridgehead atoms. The van der Waals surface area contributed by atoms with E-state index in [4.69, 9.17) is 9.26 Å². The zero-order valence-electron chi connectivity index (χ0n) is 14.5. The molecule has 0 fully saturated rings. The van der Waals surface area contributed by atoms with E-state index in [2.05, 4.69) is 31.4 Å². The van der Waals surface area contributed by atoms with Crippen LogP contribution in [-0.2, 0) is 11.2 Å². The number of aryl methyl sites for hydroxylation is 2. The third-order valence-corrected chi connectivity index (χ3v) is 4.71. The maximum atomic E-state index is 12.1. The van der Waals surface area contributed by atoms with Crippen LogP contribution in [0.4, 0.5) is 5.69 Å². The Hall–Kier alpha value is -2.67. The number of carbonyl (C=O) groups excluding carboxylic acids is 1. The average Bonchev–Trinajstić information content (AvgIpc) is 3.12. The van der Waals surface area contributed by atoms with Crippen molar-refractivity contribution in [1.82, 2.24) is 10.1 Å². The Labute approximate surface area is 159 Å². The van der Waals surface area contributed by atoms with Gasteiger partial charge in [-0.3, -0.25) is 4.79 Å². The van der Waals surface area contributed by atoms with Gasteiger partial charge in [-0.2, -0.15) is 4.98 Å². The van der Waals surface area contributed by atoms with Crippen LogP contribution in [0.25, 0.3) is 11.4 Å². The molecule has 0 radical (unpaired) electrons. The summed E-state index contributed by atoms with van der Waals surface area (Å²) in [4.78, 5) is 16.5. The van der Waals surface area contributed by atoms with Crippen molar-refractivity contribution in [3.05, 3.63) is 58.4 Å². The predicted molar refractivity (Wildman–Crippen MR) is 102 cm³/mol. The molecule has 1 aromatic heterocycles. The Kier molecular flexibility index (Phi) is 5.68. The summed E-state index contributed by atoms with van der Waals surface area (Å²) in [6.07, 6.45) is 0.617. The molecule has 1 amide bonds. The Morgan fingerprint density at radius 1 is 1.27 bits per heavy atom. The fraction of sp³-hybridized carbons (Fsp3) is 0.211. The normalized spacial score (nSPS) is 10.6. The summed E-state index contributed by atoms with van der Waals surface area (Å²) in [5, 5.41) is 6.84. The SMILES string of the molecule is COc1ccccc1-c1noc(CCC(=O)Nc2ccc(Br)c(C)c2)n1. The lowest BCUT2D eigenvalue weighted by molar-refractivity contribution is -0.116. The van der Waals surface area contributed by atoms with E-state index >= 15 is 0 Å². The number of hydrogen-bond acceptors (Lipinski definition) is 5. The van der Waals surface area contributed by atoms with Gasteiger partial charge >= 0.3 is 0 Å². The number of amides is 1. The molecule has 0 unspecified atom stereocenters. The summed E-state index contributed by atoms with van der Waals surface area (Å²) in [7, 11) is 1.59. The molecule has 0 aliphatic heterocycles. The molecule has 134 valence electrons. The summed E-state index contributed by atoms with van der Waals surface area (Å²) in [6, 6.07) is 13.1. The fourth-order valence-electron chi connectivity index (χ4n) is 2.46. The van der Waals surface area contributed by atoms with Gasteiger partial charge < -0.3 is 14.6 Å². The van der Waals surface area contributed by atoms with E-state index in [0.29, 0.717) is 23.9 Å². The lowest BCUT2D eigenvalue weighted by Crippen LogP contribution is -2.12. The highest BCUT2D eigenvalue weighted by Gasteiger charge is 2.14. The van der Waals surface area contributed by atoms with Gasteiger partial charge in [0.2, 0.25) is 17.6 Å². The molecule has 7 heteroatoms. The minimum absolute atomic E-state index is 0.108. The van der Waals surface area contributed by atoms with Crippen LogP contribution < -0.4 is 10.1 Å². The average molecular weight is 416 g/mol. The van der Waals surface area contributed by atoms with Gasteiger partial charge in [-0.05, 0) is 42.8 Å². The number of anilines is 1. The van der Waals surface area contributed by atoms with E-state index < -0.39 is 0 Å². The maximum absolute atomic E-state index is 12.1. The predicted octanol–water partition coefficient (Wildman–Crippen LogP) is 4.39. The molecule has 3 rings (SSSR count). The van der Waals surface area contributed by atoms with Gasteiger partial charge in [0.05, 0.1) is 12.7 Å². The number of nitrogens with zero attached hydrogens (tertiary/aromatic N) is 2. The summed E-state index contributed by atoms with van der Waals surface area (Å²) >= 11 is 3.44. The summed E-state index contributed by atoms with van der Waals surface area (Å²) in [5.41, 5.74) is 2.57. The molecule has 0 aliphatic carbocycles. The first-order valence-corrected chi connectivity index (χ1v) is 8.88. The second kappa shape index (κ2) is 8.14. The van der Waals surface area contributed by atoms with E-state index in [1.54, 1.807) is 7.11 Å². The minimum atomic E-state index is -0.108. The first-order valence-electron chi connectivity index (χ1n) is 8.09. The van der Waals surface area contributed by atoms with E-state index in [0.717, 1.165) is 21.3 Å². The van der Waals surface area contributed by atoms with Crippen molar-refractivity contribution in [2.45, 2.75) is 19.8 Å². The van der Waals surface area contributed by atoms with Crippen molar-refractivity contribution in [3.63, 3.8) is 0 Å². The number of aromatic nitrogens is 2. The lowest BCUT2D eigenvalue weighted by atomic mass is 10.2. The van der Waals surface area contributed by atoms with E-state index in [1.165, 1.54) is 0 Å². The third-order valence-electron chi connectivity index (χ3n) is 3.82. The number of hydrogen-bond donors (Lipinski definition) is 1. The van der Waals surface area contributed by atoms with Gasteiger partial charge in [0.25, 0.3) is 0 Å². The molecule has 0 saturated heterocycles. The van der Waals surface area contributed by atoms with E-state index in [1.807, 2.05) is 49.4 Å². The number of carbonyl (C=O) groups is 1. The lowest BCUT2D eigenvalue weighted by Gasteiger charge is -2.06. The molecular weight excluding hydrogens is 398 g/mol. The number of rotatable bonds is 6. The van der Waals surface area contributed by atoms with Crippen LogP contribution in [0.2, 0.25) is 0 Å². The maximum Gasteiger partial charge on any atom is 0.227 e. The van der Waals surface area contributed by atoms with Gasteiger partial charge in [-0.15, -0.1) is 0 Å². The number of benzene rings is 2. The Morgan fingerprint density at radius 3 is 2.85 bits per heavy atom. The van der Waals surface area contributed by atoms with Crippen LogP contribution in [0, 0.1) is 6.92 Å². The first kappa shape index (κ1) is 18.1. The largest absolute Gasteiger partial charge is 0.496 e. The van der Waals surface area contributed by atoms with Crippen LogP contribution in [-0.4, -0.2) is 23.2 Å². The molecule has 0 atom stereocenters. The zero-order chi connectivity index (χ0) is 18.5. The standard InChI is InChI=1S/C19H18BrN3O3/c1-12-11-13(7-8-15(12)20)21-17(24)9-10-18-22-19(23-26-18)14-5-3-4-6-16(14)25-2/h3-8,11H,9-10H2,1-2H3,(H,21,24). The highest BCUT2D eigenvalue weighted by molar-refractivity contribution is 9.10. The summed E-state index contributed by atoms with van der Waals surface area (Å²) in [5.74, 6) is 1.42. The Morgan fingerprint density at radius 2 is 2.08 bits per heavy atom. The minimum Gasteiger partial charge on any atom is -0.496 e. The summed E-state index contributed by atoms with van der Waals surface area (Å²) < 4.78 is 11.6. The Balaban J connectivity index is 1.61. The topological polar surface area (TPSA) is 77.2 Å². The zero-order valence-corrected chi connectivity index (χ0v) is 16.0. The molecule has 1 heterocycles. The van der Waals surface area contributed by atoms with Crippen LogP contribution >= 0.6 is 15.9 Å². The number of methoxy groups -OCH3 is 1. The van der Waals surface area contributed by atoms with Crippen molar-refractivity contribution < 1.29 is 14.1 Å². The number of ether oxygens (including phenoxy) is 1. The highest BCUT2D eigenvalue weighted by atomic mass is 79.9. The first-order chi connectivity index (χ1) is 12.6. The van der Waals surface area contributed by atoms with E-state index in [-0.39, 0.29) is 12.3 Å². The monoisotopic (exact) mass is 415 g/mol. The Bertz CT molecular complexity index is 924. The van der Waals surface area contributed by atoms with Crippen molar-refractivity contribution in [3.8, 4) is 17.1 Å². The molecule has 0 spiro atoms. The summed E-state index contributed by atoms with van der Waals surface area (Å²) in [6.45, 7) is 1.97. The molecular formula is C19H18BrN3O3. The van der Waals surface area contributed by atoms with Crippen LogP contribution in [0.3, 0.4) is 0 Å². The quantitative estimate of drug-likeness (QED) is 0.645. The van der Waals surface area contributed by atoms with Gasteiger partial charge in [-0.1, -0.05) is 33.2 Å². The third kappa shape index (κ3) is 4.29. The van der Waals surface area contributed by atoms with Gasteiger partial charge in [0.15, 0.2) is 0 Å². The highest BCUT2D eigenvalue weighted by Crippen LogP contribution is 2.27. The van der Waals surface area contributed by atoms with Gasteiger partial charge in [0, 0.05) is 23.0 Å². The molecule has 1 N–H and O–H groups in total. The van der Waals surface area contributed by atoms with E-state index in [9.17, 15) is 4.79 Å². The van der Waals surface area contributed by atoms with Crippen molar-refractivity contribution in [1.29, 1.82) is 0 Å².